The molecule has 0 spiro atoms. The summed E-state index contributed by atoms with van der Waals surface area (Å²) in [6, 6.07) is 0.605. The fourth-order valence-corrected chi connectivity index (χ4v) is 2.70. The minimum Gasteiger partial charge on any atom is -0.355 e. The number of hydrogen-bond donors (Lipinski definition) is 0. The first-order chi connectivity index (χ1) is 8.63. The quantitative estimate of drug-likeness (QED) is 0.784. The van der Waals surface area contributed by atoms with Crippen LogP contribution >= 0.6 is 11.6 Å². The van der Waals surface area contributed by atoms with E-state index in [1.807, 2.05) is 0 Å². The van der Waals surface area contributed by atoms with Crippen molar-refractivity contribution in [2.75, 3.05) is 32.1 Å². The lowest BCUT2D eigenvalue weighted by molar-refractivity contribution is 0.315. The molecule has 18 heavy (non-hydrogen) atoms. The first-order valence-corrected chi connectivity index (χ1v) is 6.92. The molecule has 1 saturated heterocycles. The van der Waals surface area contributed by atoms with Crippen LogP contribution < -0.4 is 4.90 Å². The molecule has 2 heterocycles. The first-order valence-electron chi connectivity index (χ1n) is 6.54. The molecule has 5 heteroatoms. The number of halogens is 1. The zero-order valence-electron chi connectivity index (χ0n) is 11.4. The fourth-order valence-electron chi connectivity index (χ4n) is 2.48. The van der Waals surface area contributed by atoms with Gasteiger partial charge in [0.15, 0.2) is 0 Å². The standard InChI is InChI=1S/C13H21ClN4/c1-4-5-11-12(14)15-9-16-13(11)18-7-6-10(8-18)17(2)3/h9-10H,4-8H2,1-3H3. The molecule has 0 amide bonds. The van der Waals surface area contributed by atoms with Crippen LogP contribution in [-0.2, 0) is 6.42 Å². The highest BCUT2D eigenvalue weighted by molar-refractivity contribution is 6.30. The van der Waals surface area contributed by atoms with E-state index in [1.165, 1.54) is 6.42 Å². The molecule has 0 radical (unpaired) electrons. The van der Waals surface area contributed by atoms with E-state index in [2.05, 4.69) is 40.8 Å². The number of rotatable bonds is 4. The van der Waals surface area contributed by atoms with Gasteiger partial charge >= 0.3 is 0 Å². The Hall–Kier alpha value is -0.870. The van der Waals surface area contributed by atoms with Crippen LogP contribution in [0.25, 0.3) is 0 Å². The van der Waals surface area contributed by atoms with Crippen molar-refractivity contribution in [1.29, 1.82) is 0 Å². The Morgan fingerprint density at radius 3 is 2.83 bits per heavy atom. The second-order valence-electron chi connectivity index (χ2n) is 5.07. The lowest BCUT2D eigenvalue weighted by atomic mass is 10.2. The van der Waals surface area contributed by atoms with Gasteiger partial charge in [-0.25, -0.2) is 9.97 Å². The Morgan fingerprint density at radius 2 is 2.22 bits per heavy atom. The van der Waals surface area contributed by atoms with E-state index in [-0.39, 0.29) is 0 Å². The predicted molar refractivity (Wildman–Crippen MR) is 75.3 cm³/mol. The van der Waals surface area contributed by atoms with Gasteiger partial charge < -0.3 is 9.80 Å². The number of likely N-dealkylation sites (N-methyl/N-ethyl adjacent to an activating group) is 1. The Balaban J connectivity index is 2.21. The van der Waals surface area contributed by atoms with Gasteiger partial charge in [0.25, 0.3) is 0 Å². The van der Waals surface area contributed by atoms with Gasteiger partial charge in [-0.1, -0.05) is 24.9 Å². The maximum absolute atomic E-state index is 6.20. The smallest absolute Gasteiger partial charge is 0.137 e. The van der Waals surface area contributed by atoms with Crippen molar-refractivity contribution >= 4 is 17.4 Å². The van der Waals surface area contributed by atoms with Crippen LogP contribution in [-0.4, -0.2) is 48.1 Å². The molecular formula is C13H21ClN4. The summed E-state index contributed by atoms with van der Waals surface area (Å²) in [5.41, 5.74) is 1.10. The van der Waals surface area contributed by atoms with E-state index < -0.39 is 0 Å². The van der Waals surface area contributed by atoms with Gasteiger partial charge in [-0.15, -0.1) is 0 Å². The molecule has 1 unspecified atom stereocenters. The van der Waals surface area contributed by atoms with E-state index in [9.17, 15) is 0 Å². The maximum atomic E-state index is 6.20. The molecule has 1 aliphatic heterocycles. The molecular weight excluding hydrogens is 248 g/mol. The third-order valence-corrected chi connectivity index (χ3v) is 3.89. The highest BCUT2D eigenvalue weighted by Crippen LogP contribution is 2.28. The number of anilines is 1. The minimum atomic E-state index is 0.605. The molecule has 1 aromatic heterocycles. The lowest BCUT2D eigenvalue weighted by Crippen LogP contribution is -2.32. The number of hydrogen-bond acceptors (Lipinski definition) is 4. The van der Waals surface area contributed by atoms with Crippen LogP contribution in [0.3, 0.4) is 0 Å². The van der Waals surface area contributed by atoms with Crippen LogP contribution in [0.15, 0.2) is 6.33 Å². The molecule has 0 saturated carbocycles. The highest BCUT2D eigenvalue weighted by atomic mass is 35.5. The zero-order chi connectivity index (χ0) is 13.1. The van der Waals surface area contributed by atoms with E-state index >= 15 is 0 Å². The van der Waals surface area contributed by atoms with E-state index in [1.54, 1.807) is 6.33 Å². The largest absolute Gasteiger partial charge is 0.355 e. The van der Waals surface area contributed by atoms with Gasteiger partial charge in [0.2, 0.25) is 0 Å². The molecule has 1 atom stereocenters. The van der Waals surface area contributed by atoms with Crippen molar-refractivity contribution in [3.05, 3.63) is 17.0 Å². The average Bonchev–Trinajstić information content (AvgIpc) is 2.81. The summed E-state index contributed by atoms with van der Waals surface area (Å²) in [6.07, 6.45) is 4.75. The first kappa shape index (κ1) is 13.6. The molecule has 1 fully saturated rings. The SMILES string of the molecule is CCCc1c(Cl)ncnc1N1CCC(N(C)C)C1. The van der Waals surface area contributed by atoms with Gasteiger partial charge in [-0.05, 0) is 26.9 Å². The van der Waals surface area contributed by atoms with Crippen LogP contribution in [0.5, 0.6) is 0 Å². The van der Waals surface area contributed by atoms with Crippen molar-refractivity contribution in [3.8, 4) is 0 Å². The van der Waals surface area contributed by atoms with Crippen LogP contribution in [0.4, 0.5) is 5.82 Å². The van der Waals surface area contributed by atoms with Crippen molar-refractivity contribution < 1.29 is 0 Å². The van der Waals surface area contributed by atoms with Gasteiger partial charge in [-0.2, -0.15) is 0 Å². The summed E-state index contributed by atoms with van der Waals surface area (Å²) >= 11 is 6.20. The molecule has 4 nitrogen and oxygen atoms in total. The second-order valence-corrected chi connectivity index (χ2v) is 5.43. The summed E-state index contributed by atoms with van der Waals surface area (Å²) in [4.78, 5) is 13.2. The van der Waals surface area contributed by atoms with Crippen LogP contribution in [0, 0.1) is 0 Å². The second kappa shape index (κ2) is 5.85. The summed E-state index contributed by atoms with van der Waals surface area (Å²) in [6.45, 7) is 4.23. The third kappa shape index (κ3) is 2.75. The minimum absolute atomic E-state index is 0.605. The Kier molecular flexibility index (Phi) is 4.40. The normalized spacial score (nSPS) is 19.8. The van der Waals surface area contributed by atoms with Crippen LogP contribution in [0.1, 0.15) is 25.3 Å². The summed E-state index contributed by atoms with van der Waals surface area (Å²) < 4.78 is 0. The van der Waals surface area contributed by atoms with Crippen molar-refractivity contribution in [1.82, 2.24) is 14.9 Å². The summed E-state index contributed by atoms with van der Waals surface area (Å²) in [7, 11) is 4.27. The predicted octanol–water partition coefficient (Wildman–Crippen LogP) is 2.22. The molecule has 0 aliphatic carbocycles. The molecule has 0 bridgehead atoms. The average molecular weight is 269 g/mol. The van der Waals surface area contributed by atoms with E-state index in [0.717, 1.165) is 37.3 Å². The van der Waals surface area contributed by atoms with Gasteiger partial charge in [0.05, 0.1) is 0 Å². The molecule has 0 N–H and O–H groups in total. The van der Waals surface area contributed by atoms with Crippen molar-refractivity contribution in [3.63, 3.8) is 0 Å². The van der Waals surface area contributed by atoms with Crippen LogP contribution in [0.2, 0.25) is 5.15 Å². The Bertz CT molecular complexity index is 408. The van der Waals surface area contributed by atoms with Crippen molar-refractivity contribution in [2.24, 2.45) is 0 Å². The molecule has 1 aliphatic rings. The van der Waals surface area contributed by atoms with Gasteiger partial charge in [0, 0.05) is 24.7 Å². The summed E-state index contributed by atoms with van der Waals surface area (Å²) in [5.74, 6) is 1.03. The molecule has 0 aromatic carbocycles. The molecule has 2 rings (SSSR count). The lowest BCUT2D eigenvalue weighted by Gasteiger charge is -2.23. The third-order valence-electron chi connectivity index (χ3n) is 3.56. The Labute approximate surface area is 114 Å². The van der Waals surface area contributed by atoms with E-state index in [4.69, 9.17) is 11.6 Å². The zero-order valence-corrected chi connectivity index (χ0v) is 12.1. The van der Waals surface area contributed by atoms with Gasteiger partial charge in [0.1, 0.15) is 17.3 Å². The van der Waals surface area contributed by atoms with Gasteiger partial charge in [-0.3, -0.25) is 0 Å². The topological polar surface area (TPSA) is 32.3 Å². The van der Waals surface area contributed by atoms with E-state index in [0.29, 0.717) is 11.2 Å². The molecule has 100 valence electrons. The Morgan fingerprint density at radius 1 is 1.44 bits per heavy atom. The van der Waals surface area contributed by atoms with Crippen molar-refractivity contribution in [2.45, 2.75) is 32.2 Å². The number of aromatic nitrogens is 2. The number of nitrogens with zero attached hydrogens (tertiary/aromatic N) is 4. The summed E-state index contributed by atoms with van der Waals surface area (Å²) in [5, 5.41) is 0.607. The maximum Gasteiger partial charge on any atom is 0.137 e. The molecule has 1 aromatic rings. The fraction of sp³-hybridized carbons (Fsp3) is 0.692. The monoisotopic (exact) mass is 268 g/mol. The highest BCUT2D eigenvalue weighted by Gasteiger charge is 2.27.